The van der Waals surface area contributed by atoms with Crippen LogP contribution in [0.1, 0.15) is 25.7 Å². The van der Waals surface area contributed by atoms with Gasteiger partial charge < -0.3 is 20.1 Å². The number of aryl methyl sites for hydroxylation is 1. The van der Waals surface area contributed by atoms with Gasteiger partial charge in [-0.05, 0) is 25.1 Å². The smallest absolute Gasteiger partial charge is 0.354 e. The van der Waals surface area contributed by atoms with Crippen LogP contribution in [0.3, 0.4) is 0 Å². The van der Waals surface area contributed by atoms with Gasteiger partial charge >= 0.3 is 11.9 Å². The molecule has 31 heavy (non-hydrogen) atoms. The van der Waals surface area contributed by atoms with Crippen molar-refractivity contribution in [3.8, 4) is 0 Å². The molecule has 12 heteroatoms. The van der Waals surface area contributed by atoms with Crippen molar-refractivity contribution in [2.75, 3.05) is 19.4 Å². The molecule has 2 aromatic rings. The second kappa shape index (κ2) is 9.71. The number of carboxylic acid groups (broad SMARTS) is 1. The zero-order chi connectivity index (χ0) is 22.5. The number of nitrogens with one attached hydrogen (secondary N) is 1. The lowest BCUT2D eigenvalue weighted by atomic mass is 10.0. The van der Waals surface area contributed by atoms with Crippen molar-refractivity contribution in [2.45, 2.75) is 17.3 Å². The highest BCUT2D eigenvalue weighted by Crippen LogP contribution is 2.24. The Morgan fingerprint density at radius 3 is 2.61 bits per heavy atom. The van der Waals surface area contributed by atoms with Gasteiger partial charge in [0, 0.05) is 5.75 Å². The summed E-state index contributed by atoms with van der Waals surface area (Å²) in [5.41, 5.74) is -0.144. The Balaban J connectivity index is 1.65. The second-order valence-electron chi connectivity index (χ2n) is 6.30. The van der Waals surface area contributed by atoms with Crippen LogP contribution in [-0.2, 0) is 14.3 Å². The lowest BCUT2D eigenvalue weighted by Crippen LogP contribution is -2.64. The summed E-state index contributed by atoms with van der Waals surface area (Å²) in [6.45, 7) is 1.89. The molecule has 2 N–H and O–H groups in total. The van der Waals surface area contributed by atoms with Crippen molar-refractivity contribution in [1.82, 2.24) is 20.4 Å². The molecular formula is C19H18N4O6S2. The second-order valence-corrected chi connectivity index (χ2v) is 8.75. The molecule has 10 nitrogen and oxygen atoms in total. The number of aromatic nitrogens is 2. The number of esters is 1. The van der Waals surface area contributed by atoms with Crippen LogP contribution in [0, 0.1) is 6.92 Å². The molecule has 2 heterocycles. The van der Waals surface area contributed by atoms with Crippen LogP contribution < -0.4 is 5.32 Å². The Morgan fingerprint density at radius 1 is 1.32 bits per heavy atom. The number of aromatic carboxylic acids is 1. The molecular weight excluding hydrogens is 444 g/mol. The van der Waals surface area contributed by atoms with E-state index < -0.39 is 29.8 Å². The van der Waals surface area contributed by atoms with Crippen molar-refractivity contribution in [3.63, 3.8) is 0 Å². The van der Waals surface area contributed by atoms with Gasteiger partial charge in [-0.3, -0.25) is 9.59 Å². The van der Waals surface area contributed by atoms with Gasteiger partial charge in [0.05, 0.1) is 24.8 Å². The van der Waals surface area contributed by atoms with E-state index in [1.807, 2.05) is 6.92 Å². The molecule has 162 valence electrons. The number of benzene rings is 1. The van der Waals surface area contributed by atoms with E-state index in [0.29, 0.717) is 5.75 Å². The van der Waals surface area contributed by atoms with Gasteiger partial charge in [0.25, 0.3) is 11.8 Å². The standard InChI is InChI=1S/C19H18N4O6S2/c1-10-21-22-19(31-10)30-8-7-14(18(28)29-2)23-9-13(16(23)25)20-15(24)11-5-3-4-6-12(11)17(26)27/h3-7,13H,8-9H2,1-2H3,(H,20,24)(H,26,27)/b14-7+. The zero-order valence-electron chi connectivity index (χ0n) is 16.5. The molecule has 1 aromatic carbocycles. The number of carboxylic acids is 1. The molecule has 0 aliphatic carbocycles. The predicted octanol–water partition coefficient (Wildman–Crippen LogP) is 1.33. The largest absolute Gasteiger partial charge is 0.478 e. The quantitative estimate of drug-likeness (QED) is 0.257. The van der Waals surface area contributed by atoms with E-state index in [-0.39, 0.29) is 23.4 Å². The van der Waals surface area contributed by atoms with Crippen molar-refractivity contribution in [2.24, 2.45) is 0 Å². The average Bonchev–Trinajstić information content (AvgIpc) is 3.18. The molecule has 1 aromatic heterocycles. The van der Waals surface area contributed by atoms with Crippen LogP contribution in [0.5, 0.6) is 0 Å². The number of rotatable bonds is 8. The Bertz CT molecular complexity index is 1070. The molecule has 0 radical (unpaired) electrons. The highest BCUT2D eigenvalue weighted by molar-refractivity contribution is 8.01. The Labute approximate surface area is 185 Å². The molecule has 0 bridgehead atoms. The fourth-order valence-electron chi connectivity index (χ4n) is 2.79. The third-order valence-electron chi connectivity index (χ3n) is 4.31. The number of thioether (sulfide) groups is 1. The summed E-state index contributed by atoms with van der Waals surface area (Å²) in [5, 5.41) is 20.4. The van der Waals surface area contributed by atoms with E-state index in [0.717, 1.165) is 9.35 Å². The van der Waals surface area contributed by atoms with Gasteiger partial charge in [-0.15, -0.1) is 10.2 Å². The first-order valence-electron chi connectivity index (χ1n) is 8.97. The number of nitrogens with zero attached hydrogens (tertiary/aromatic N) is 3. The number of carbonyl (C=O) groups excluding carboxylic acids is 3. The van der Waals surface area contributed by atoms with Crippen LogP contribution in [0.15, 0.2) is 40.4 Å². The van der Waals surface area contributed by atoms with E-state index in [2.05, 4.69) is 15.5 Å². The van der Waals surface area contributed by atoms with E-state index in [4.69, 9.17) is 4.74 Å². The molecule has 1 aliphatic heterocycles. The number of hydrogen-bond donors (Lipinski definition) is 2. The lowest BCUT2D eigenvalue weighted by molar-refractivity contribution is -0.148. The van der Waals surface area contributed by atoms with Crippen molar-refractivity contribution >= 4 is 46.9 Å². The SMILES string of the molecule is COC(=O)/C(=C\CSc1nnc(C)s1)N1CC(NC(=O)c2ccccc2C(=O)O)C1=O. The minimum atomic E-state index is -1.24. The number of amides is 2. The summed E-state index contributed by atoms with van der Waals surface area (Å²) >= 11 is 2.78. The molecule has 3 rings (SSSR count). The zero-order valence-corrected chi connectivity index (χ0v) is 18.2. The Hall–Kier alpha value is -3.25. The number of likely N-dealkylation sites (tertiary alicyclic amines) is 1. The molecule has 1 fully saturated rings. The maximum atomic E-state index is 12.6. The maximum absolute atomic E-state index is 12.6. The first kappa shape index (κ1) is 22.4. The summed E-state index contributed by atoms with van der Waals surface area (Å²) < 4.78 is 5.50. The van der Waals surface area contributed by atoms with Crippen molar-refractivity contribution < 1.29 is 29.0 Å². The Kier molecular flexibility index (Phi) is 7.02. The first-order valence-corrected chi connectivity index (χ1v) is 10.8. The fraction of sp³-hybridized carbons (Fsp3) is 0.263. The minimum Gasteiger partial charge on any atom is -0.478 e. The average molecular weight is 463 g/mol. The lowest BCUT2D eigenvalue weighted by Gasteiger charge is -2.39. The molecule has 0 spiro atoms. The van der Waals surface area contributed by atoms with Crippen LogP contribution in [0.25, 0.3) is 0 Å². The number of methoxy groups -OCH3 is 1. The van der Waals surface area contributed by atoms with Crippen LogP contribution >= 0.6 is 23.1 Å². The minimum absolute atomic E-state index is 0.0475. The predicted molar refractivity (Wildman–Crippen MR) is 112 cm³/mol. The summed E-state index contributed by atoms with van der Waals surface area (Å²) in [6.07, 6.45) is 1.56. The van der Waals surface area contributed by atoms with Crippen LogP contribution in [-0.4, -0.2) is 69.4 Å². The third-order valence-corrected chi connectivity index (χ3v) is 6.21. The van der Waals surface area contributed by atoms with Crippen LogP contribution in [0.2, 0.25) is 0 Å². The van der Waals surface area contributed by atoms with E-state index >= 15 is 0 Å². The van der Waals surface area contributed by atoms with Gasteiger partial charge in [0.15, 0.2) is 4.34 Å². The summed E-state index contributed by atoms with van der Waals surface area (Å²) in [5.74, 6) is -2.72. The molecule has 1 unspecified atom stereocenters. The number of ether oxygens (including phenoxy) is 1. The molecule has 1 atom stereocenters. The van der Waals surface area contributed by atoms with Crippen molar-refractivity contribution in [3.05, 3.63) is 52.2 Å². The van der Waals surface area contributed by atoms with Gasteiger partial charge in [0.2, 0.25) is 0 Å². The normalized spacial score (nSPS) is 15.9. The molecule has 1 saturated heterocycles. The monoisotopic (exact) mass is 462 g/mol. The van der Waals surface area contributed by atoms with Gasteiger partial charge in [0.1, 0.15) is 16.7 Å². The van der Waals surface area contributed by atoms with Crippen molar-refractivity contribution in [1.29, 1.82) is 0 Å². The molecule has 2 amide bonds. The topological polar surface area (TPSA) is 139 Å². The van der Waals surface area contributed by atoms with Gasteiger partial charge in [-0.2, -0.15) is 0 Å². The summed E-state index contributed by atoms with van der Waals surface area (Å²) in [4.78, 5) is 49.7. The Morgan fingerprint density at radius 2 is 2.03 bits per heavy atom. The maximum Gasteiger partial charge on any atom is 0.354 e. The third kappa shape index (κ3) is 5.09. The van der Waals surface area contributed by atoms with Crippen LogP contribution in [0.4, 0.5) is 0 Å². The van der Waals surface area contributed by atoms with Gasteiger partial charge in [-0.1, -0.05) is 35.2 Å². The van der Waals surface area contributed by atoms with E-state index in [1.165, 1.54) is 59.4 Å². The highest BCUT2D eigenvalue weighted by Gasteiger charge is 2.42. The number of β-lactam (4-membered cyclic amide) rings is 1. The van der Waals surface area contributed by atoms with Gasteiger partial charge in [-0.25, -0.2) is 9.59 Å². The highest BCUT2D eigenvalue weighted by atomic mass is 32.2. The first-order chi connectivity index (χ1) is 14.8. The fourth-order valence-corrected chi connectivity index (χ4v) is 4.49. The molecule has 0 saturated carbocycles. The van der Waals surface area contributed by atoms with E-state index in [9.17, 15) is 24.3 Å². The molecule has 1 aliphatic rings. The summed E-state index contributed by atoms with van der Waals surface area (Å²) in [7, 11) is 1.21. The summed E-state index contributed by atoms with van der Waals surface area (Å²) in [6, 6.07) is 4.84. The number of carbonyl (C=O) groups is 4. The number of hydrogen-bond acceptors (Lipinski definition) is 9. The van der Waals surface area contributed by atoms with E-state index in [1.54, 1.807) is 6.08 Å².